The highest BCUT2D eigenvalue weighted by Gasteiger charge is 2.26. The van der Waals surface area contributed by atoms with Gasteiger partial charge < -0.3 is 4.57 Å². The summed E-state index contributed by atoms with van der Waals surface area (Å²) in [6.07, 6.45) is 0.472. The number of nitrogens with one attached hydrogen (secondary N) is 1. The highest BCUT2D eigenvalue weighted by molar-refractivity contribution is 9.10. The number of benzene rings is 1. The largest absolute Gasteiger partial charge is 0.329 e. The molecule has 0 spiro atoms. The summed E-state index contributed by atoms with van der Waals surface area (Å²) >= 11 is 3.32. The van der Waals surface area contributed by atoms with Crippen molar-refractivity contribution in [1.29, 1.82) is 0 Å². The van der Waals surface area contributed by atoms with Crippen LogP contribution in [0.15, 0.2) is 44.7 Å². The number of carbonyl (C=O) groups is 1. The van der Waals surface area contributed by atoms with Crippen molar-refractivity contribution in [2.45, 2.75) is 19.4 Å². The second-order valence-electron chi connectivity index (χ2n) is 5.40. The van der Waals surface area contributed by atoms with Gasteiger partial charge in [-0.25, -0.2) is 9.78 Å². The SMILES string of the molecule is CC[C@H](C(=O)c1ccccc1)n1c(Br)nc2c1c(=O)[nH]c(=O)n2C. The maximum atomic E-state index is 12.9. The Kier molecular flexibility index (Phi) is 4.23. The highest BCUT2D eigenvalue weighted by atomic mass is 79.9. The molecule has 1 aromatic carbocycles. The molecule has 2 heterocycles. The third-order valence-corrected chi connectivity index (χ3v) is 4.53. The molecule has 0 aliphatic rings. The molecule has 0 saturated carbocycles. The first-order chi connectivity index (χ1) is 11.5. The van der Waals surface area contributed by atoms with Crippen LogP contribution in [-0.4, -0.2) is 24.9 Å². The molecule has 1 atom stereocenters. The number of Topliss-reactive ketones (excluding diaryl/α,β-unsaturated/α-hetero) is 1. The lowest BCUT2D eigenvalue weighted by molar-refractivity contribution is 0.0923. The maximum absolute atomic E-state index is 12.9. The normalized spacial score (nSPS) is 12.5. The van der Waals surface area contributed by atoms with Gasteiger partial charge >= 0.3 is 5.69 Å². The summed E-state index contributed by atoms with van der Waals surface area (Å²) in [5.41, 5.74) is -0.132. The average Bonchev–Trinajstić information content (AvgIpc) is 2.92. The molecule has 8 heteroatoms. The van der Waals surface area contributed by atoms with Gasteiger partial charge in [-0.3, -0.25) is 19.1 Å². The van der Waals surface area contributed by atoms with Crippen LogP contribution in [0.5, 0.6) is 0 Å². The fourth-order valence-electron chi connectivity index (χ4n) is 2.74. The number of carbonyl (C=O) groups excluding carboxylic acids is 1. The van der Waals surface area contributed by atoms with E-state index in [0.29, 0.717) is 16.7 Å². The van der Waals surface area contributed by atoms with E-state index in [1.165, 1.54) is 11.6 Å². The first-order valence-corrected chi connectivity index (χ1v) is 8.21. The van der Waals surface area contributed by atoms with Gasteiger partial charge in [0.05, 0.1) is 6.04 Å². The number of fused-ring (bicyclic) bond motifs is 1. The van der Waals surface area contributed by atoms with Gasteiger partial charge in [-0.1, -0.05) is 37.3 Å². The van der Waals surface area contributed by atoms with Gasteiger partial charge in [0, 0.05) is 12.6 Å². The van der Waals surface area contributed by atoms with Gasteiger partial charge in [0.1, 0.15) is 0 Å². The predicted molar refractivity (Wildman–Crippen MR) is 93.4 cm³/mol. The number of aryl methyl sites for hydroxylation is 1. The Balaban J connectivity index is 2.26. The van der Waals surface area contributed by atoms with E-state index < -0.39 is 17.3 Å². The number of imidazole rings is 1. The van der Waals surface area contributed by atoms with E-state index in [1.807, 2.05) is 13.0 Å². The van der Waals surface area contributed by atoms with Gasteiger partial charge in [0.2, 0.25) is 0 Å². The van der Waals surface area contributed by atoms with Crippen LogP contribution in [-0.2, 0) is 7.05 Å². The van der Waals surface area contributed by atoms with Crippen molar-refractivity contribution in [3.8, 4) is 0 Å². The molecule has 0 saturated heterocycles. The van der Waals surface area contributed by atoms with Crippen LogP contribution in [0.1, 0.15) is 29.7 Å². The van der Waals surface area contributed by atoms with Crippen molar-refractivity contribution in [3.63, 3.8) is 0 Å². The van der Waals surface area contributed by atoms with Crippen molar-refractivity contribution >= 4 is 32.9 Å². The number of halogens is 1. The molecule has 24 heavy (non-hydrogen) atoms. The van der Waals surface area contributed by atoms with Gasteiger partial charge in [-0.05, 0) is 22.4 Å². The fourth-order valence-corrected chi connectivity index (χ4v) is 3.33. The number of ketones is 1. The molecule has 0 radical (unpaired) electrons. The minimum atomic E-state index is -0.606. The molecule has 3 rings (SSSR count). The fraction of sp³-hybridized carbons (Fsp3) is 0.250. The Morgan fingerprint density at radius 3 is 2.58 bits per heavy atom. The number of nitrogens with zero attached hydrogens (tertiary/aromatic N) is 3. The number of aromatic amines is 1. The molecular weight excluding hydrogens is 376 g/mol. The van der Waals surface area contributed by atoms with Crippen LogP contribution in [0.25, 0.3) is 11.2 Å². The molecule has 1 N–H and O–H groups in total. The lowest BCUT2D eigenvalue weighted by atomic mass is 10.0. The van der Waals surface area contributed by atoms with Crippen molar-refractivity contribution in [3.05, 3.63) is 61.5 Å². The summed E-state index contributed by atoms with van der Waals surface area (Å²) in [6.45, 7) is 1.86. The Labute approximate surface area is 145 Å². The second-order valence-corrected chi connectivity index (χ2v) is 6.10. The standard InChI is InChI=1S/C16H15BrN4O3/c1-3-10(12(22)9-7-5-4-6-8-9)21-11-13(18-15(21)17)20(2)16(24)19-14(11)23/h4-8,10H,3H2,1-2H3,(H,19,23,24)/t10-/m1/s1. The zero-order chi connectivity index (χ0) is 17.4. The quantitative estimate of drug-likeness (QED) is 0.544. The third kappa shape index (κ3) is 2.52. The van der Waals surface area contributed by atoms with Crippen molar-refractivity contribution < 1.29 is 4.79 Å². The lowest BCUT2D eigenvalue weighted by Gasteiger charge is -2.17. The molecular formula is C16H15BrN4O3. The van der Waals surface area contributed by atoms with E-state index >= 15 is 0 Å². The van der Waals surface area contributed by atoms with Gasteiger partial charge in [-0.2, -0.15) is 0 Å². The van der Waals surface area contributed by atoms with Crippen molar-refractivity contribution in [1.82, 2.24) is 19.1 Å². The monoisotopic (exact) mass is 390 g/mol. The third-order valence-electron chi connectivity index (χ3n) is 3.97. The van der Waals surface area contributed by atoms with Gasteiger partial charge in [-0.15, -0.1) is 0 Å². The predicted octanol–water partition coefficient (Wildman–Crippen LogP) is 2.02. The molecule has 7 nitrogen and oxygen atoms in total. The smallest absolute Gasteiger partial charge is 0.302 e. The molecule has 0 unspecified atom stereocenters. The van der Waals surface area contributed by atoms with E-state index in [9.17, 15) is 14.4 Å². The molecule has 0 bridgehead atoms. The lowest BCUT2D eigenvalue weighted by Crippen LogP contribution is -2.30. The van der Waals surface area contributed by atoms with Gasteiger partial charge in [0.15, 0.2) is 21.7 Å². The Hall–Kier alpha value is -2.48. The highest BCUT2D eigenvalue weighted by Crippen LogP contribution is 2.26. The van der Waals surface area contributed by atoms with Crippen LogP contribution >= 0.6 is 15.9 Å². The van der Waals surface area contributed by atoms with Crippen LogP contribution in [0.4, 0.5) is 0 Å². The van der Waals surface area contributed by atoms with E-state index in [4.69, 9.17) is 0 Å². The number of H-pyrrole nitrogens is 1. The van der Waals surface area contributed by atoms with Crippen LogP contribution in [0, 0.1) is 0 Å². The maximum Gasteiger partial charge on any atom is 0.329 e. The van der Waals surface area contributed by atoms with Gasteiger partial charge in [0.25, 0.3) is 5.56 Å². The summed E-state index contributed by atoms with van der Waals surface area (Å²) < 4.78 is 3.13. The summed E-state index contributed by atoms with van der Waals surface area (Å²) in [5, 5.41) is 0. The van der Waals surface area contributed by atoms with E-state index in [1.54, 1.807) is 28.8 Å². The number of hydrogen-bond acceptors (Lipinski definition) is 4. The van der Waals surface area contributed by atoms with Crippen LogP contribution < -0.4 is 11.2 Å². The van der Waals surface area contributed by atoms with E-state index in [0.717, 1.165) is 0 Å². The summed E-state index contributed by atoms with van der Waals surface area (Å²) in [4.78, 5) is 43.4. The average molecular weight is 391 g/mol. The summed E-state index contributed by atoms with van der Waals surface area (Å²) in [5.74, 6) is -0.119. The van der Waals surface area contributed by atoms with Crippen molar-refractivity contribution in [2.75, 3.05) is 0 Å². The minimum Gasteiger partial charge on any atom is -0.302 e. The number of hydrogen-bond donors (Lipinski definition) is 1. The number of rotatable bonds is 4. The van der Waals surface area contributed by atoms with E-state index in [-0.39, 0.29) is 16.9 Å². The molecule has 0 amide bonds. The first-order valence-electron chi connectivity index (χ1n) is 7.41. The Bertz CT molecular complexity index is 1030. The van der Waals surface area contributed by atoms with Crippen LogP contribution in [0.3, 0.4) is 0 Å². The second kappa shape index (κ2) is 6.20. The molecule has 2 aromatic heterocycles. The first kappa shape index (κ1) is 16.4. The number of aromatic nitrogens is 4. The Morgan fingerprint density at radius 2 is 1.96 bits per heavy atom. The molecule has 3 aromatic rings. The van der Waals surface area contributed by atoms with E-state index in [2.05, 4.69) is 25.9 Å². The van der Waals surface area contributed by atoms with Crippen molar-refractivity contribution in [2.24, 2.45) is 7.05 Å². The topological polar surface area (TPSA) is 89.8 Å². The molecule has 124 valence electrons. The Morgan fingerprint density at radius 1 is 1.29 bits per heavy atom. The summed E-state index contributed by atoms with van der Waals surface area (Å²) in [7, 11) is 1.52. The summed E-state index contributed by atoms with van der Waals surface area (Å²) in [6, 6.07) is 8.27. The zero-order valence-electron chi connectivity index (χ0n) is 13.1. The minimum absolute atomic E-state index is 0.119. The van der Waals surface area contributed by atoms with Crippen LogP contribution in [0.2, 0.25) is 0 Å². The molecule has 0 aliphatic heterocycles. The zero-order valence-corrected chi connectivity index (χ0v) is 14.7. The molecule has 0 aliphatic carbocycles. The molecule has 0 fully saturated rings.